The third kappa shape index (κ3) is 2.93. The normalized spacial score (nSPS) is 12.3. The van der Waals surface area contributed by atoms with E-state index in [9.17, 15) is 4.39 Å². The molecule has 2 aromatic heterocycles. The van der Waals surface area contributed by atoms with E-state index in [1.807, 2.05) is 13.0 Å². The molecule has 0 saturated carbocycles. The first-order valence-electron chi connectivity index (χ1n) is 6.69. The van der Waals surface area contributed by atoms with Gasteiger partial charge in [0.25, 0.3) is 0 Å². The van der Waals surface area contributed by atoms with Crippen molar-refractivity contribution in [1.29, 1.82) is 0 Å². The number of hydrogen-bond donors (Lipinski definition) is 2. The molecular formula is C15H19FN4. The number of nitrogens with two attached hydrogens (primary N) is 1. The summed E-state index contributed by atoms with van der Waals surface area (Å²) < 4.78 is 14.1. The van der Waals surface area contributed by atoms with Crippen molar-refractivity contribution >= 4 is 5.82 Å². The van der Waals surface area contributed by atoms with Crippen molar-refractivity contribution in [2.75, 3.05) is 12.3 Å². The van der Waals surface area contributed by atoms with E-state index in [4.69, 9.17) is 5.73 Å². The number of halogens is 1. The van der Waals surface area contributed by atoms with Gasteiger partial charge in [-0.2, -0.15) is 0 Å². The molecule has 4 nitrogen and oxygen atoms in total. The lowest BCUT2D eigenvalue weighted by molar-refractivity contribution is 0.542. The quantitative estimate of drug-likeness (QED) is 0.879. The highest BCUT2D eigenvalue weighted by molar-refractivity contribution is 5.49. The molecule has 2 rings (SSSR count). The number of aromatic nitrogens is 2. The number of aryl methyl sites for hydroxylation is 1. The van der Waals surface area contributed by atoms with Crippen LogP contribution in [-0.2, 0) is 0 Å². The largest absolute Gasteiger partial charge is 0.383 e. The Morgan fingerprint density at radius 3 is 2.80 bits per heavy atom. The van der Waals surface area contributed by atoms with Crippen LogP contribution < -0.4 is 11.1 Å². The Morgan fingerprint density at radius 2 is 2.15 bits per heavy atom. The monoisotopic (exact) mass is 274 g/mol. The molecule has 0 bridgehead atoms. The smallest absolute Gasteiger partial charge is 0.146 e. The third-order valence-corrected chi connectivity index (χ3v) is 3.24. The molecule has 0 amide bonds. The number of rotatable bonds is 5. The molecule has 2 aromatic rings. The zero-order chi connectivity index (χ0) is 14.5. The summed E-state index contributed by atoms with van der Waals surface area (Å²) in [6.07, 6.45) is 5.41. The SMILES string of the molecule is CCCNC(c1ccncc1F)c1c(C)ccnc1N. The average Bonchev–Trinajstić information content (AvgIpc) is 2.43. The van der Waals surface area contributed by atoms with Crippen LogP contribution in [0.4, 0.5) is 10.2 Å². The molecule has 0 aliphatic heterocycles. The number of nitrogens with zero attached hydrogens (tertiary/aromatic N) is 2. The van der Waals surface area contributed by atoms with Gasteiger partial charge in [-0.05, 0) is 37.6 Å². The molecule has 106 valence electrons. The first-order valence-corrected chi connectivity index (χ1v) is 6.69. The first-order chi connectivity index (χ1) is 9.65. The zero-order valence-electron chi connectivity index (χ0n) is 11.7. The Labute approximate surface area is 118 Å². The Balaban J connectivity index is 2.50. The summed E-state index contributed by atoms with van der Waals surface area (Å²) in [4.78, 5) is 7.92. The van der Waals surface area contributed by atoms with Gasteiger partial charge < -0.3 is 11.1 Å². The van der Waals surface area contributed by atoms with E-state index in [1.165, 1.54) is 6.20 Å². The van der Waals surface area contributed by atoms with Crippen molar-refractivity contribution < 1.29 is 4.39 Å². The van der Waals surface area contributed by atoms with Crippen molar-refractivity contribution in [3.8, 4) is 0 Å². The van der Waals surface area contributed by atoms with Crippen molar-refractivity contribution in [2.45, 2.75) is 26.3 Å². The third-order valence-electron chi connectivity index (χ3n) is 3.24. The van der Waals surface area contributed by atoms with E-state index in [0.29, 0.717) is 11.4 Å². The van der Waals surface area contributed by atoms with Crippen molar-refractivity contribution in [3.63, 3.8) is 0 Å². The van der Waals surface area contributed by atoms with Crippen molar-refractivity contribution in [3.05, 3.63) is 53.2 Å². The maximum absolute atomic E-state index is 14.1. The predicted molar refractivity (Wildman–Crippen MR) is 77.7 cm³/mol. The second kappa shape index (κ2) is 6.43. The van der Waals surface area contributed by atoms with Gasteiger partial charge in [-0.1, -0.05) is 6.92 Å². The Hall–Kier alpha value is -2.01. The summed E-state index contributed by atoms with van der Waals surface area (Å²) in [6.45, 7) is 4.78. The molecule has 0 aliphatic carbocycles. The molecule has 0 aliphatic rings. The van der Waals surface area contributed by atoms with E-state index in [1.54, 1.807) is 18.5 Å². The average molecular weight is 274 g/mol. The van der Waals surface area contributed by atoms with E-state index in [2.05, 4.69) is 22.2 Å². The molecule has 1 atom stereocenters. The van der Waals surface area contributed by atoms with Crippen LogP contribution in [0, 0.1) is 12.7 Å². The molecule has 0 radical (unpaired) electrons. The number of hydrogen-bond acceptors (Lipinski definition) is 4. The van der Waals surface area contributed by atoms with Gasteiger partial charge in [-0.15, -0.1) is 0 Å². The van der Waals surface area contributed by atoms with Gasteiger partial charge in [0.15, 0.2) is 0 Å². The van der Waals surface area contributed by atoms with Crippen molar-refractivity contribution in [2.24, 2.45) is 0 Å². The van der Waals surface area contributed by atoms with Crippen LogP contribution in [-0.4, -0.2) is 16.5 Å². The highest BCUT2D eigenvalue weighted by Gasteiger charge is 2.21. The van der Waals surface area contributed by atoms with Gasteiger partial charge in [0.1, 0.15) is 11.6 Å². The minimum Gasteiger partial charge on any atom is -0.383 e. The lowest BCUT2D eigenvalue weighted by atomic mass is 9.96. The second-order valence-corrected chi connectivity index (χ2v) is 4.71. The fraction of sp³-hybridized carbons (Fsp3) is 0.333. The summed E-state index contributed by atoms with van der Waals surface area (Å²) in [5, 5.41) is 3.34. The summed E-state index contributed by atoms with van der Waals surface area (Å²) in [5.41, 5.74) is 8.34. The second-order valence-electron chi connectivity index (χ2n) is 4.71. The zero-order valence-corrected chi connectivity index (χ0v) is 11.7. The van der Waals surface area contributed by atoms with Crippen LogP contribution in [0.25, 0.3) is 0 Å². The van der Waals surface area contributed by atoms with Gasteiger partial charge in [-0.3, -0.25) is 4.98 Å². The Morgan fingerprint density at radius 1 is 1.35 bits per heavy atom. The Kier molecular flexibility index (Phi) is 4.63. The number of pyridine rings is 2. The van der Waals surface area contributed by atoms with Gasteiger partial charge in [0.2, 0.25) is 0 Å². The number of nitrogens with one attached hydrogen (secondary N) is 1. The maximum Gasteiger partial charge on any atom is 0.146 e. The number of nitrogen functional groups attached to an aromatic ring is 1. The fourth-order valence-electron chi connectivity index (χ4n) is 2.24. The molecule has 0 spiro atoms. The number of anilines is 1. The highest BCUT2D eigenvalue weighted by atomic mass is 19.1. The highest BCUT2D eigenvalue weighted by Crippen LogP contribution is 2.29. The molecule has 3 N–H and O–H groups in total. The fourth-order valence-corrected chi connectivity index (χ4v) is 2.24. The predicted octanol–water partition coefficient (Wildman–Crippen LogP) is 2.60. The van der Waals surface area contributed by atoms with E-state index in [0.717, 1.165) is 24.1 Å². The van der Waals surface area contributed by atoms with Crippen molar-refractivity contribution in [1.82, 2.24) is 15.3 Å². The molecular weight excluding hydrogens is 255 g/mol. The van der Waals surface area contributed by atoms with E-state index >= 15 is 0 Å². The molecule has 0 saturated heterocycles. The van der Waals surface area contributed by atoms with Crippen LogP contribution in [0.2, 0.25) is 0 Å². The minimum absolute atomic E-state index is 0.313. The van der Waals surface area contributed by atoms with Gasteiger partial charge in [-0.25, -0.2) is 9.37 Å². The van der Waals surface area contributed by atoms with Gasteiger partial charge in [0, 0.05) is 23.5 Å². The molecule has 2 heterocycles. The lowest BCUT2D eigenvalue weighted by Gasteiger charge is -2.22. The van der Waals surface area contributed by atoms with Crippen LogP contribution in [0.5, 0.6) is 0 Å². The van der Waals surface area contributed by atoms with E-state index < -0.39 is 0 Å². The minimum atomic E-state index is -0.344. The molecule has 0 aromatic carbocycles. The Bertz CT molecular complexity index is 566. The first kappa shape index (κ1) is 14.4. The summed E-state index contributed by atoms with van der Waals surface area (Å²) in [7, 11) is 0. The summed E-state index contributed by atoms with van der Waals surface area (Å²) in [5.74, 6) is 0.0820. The van der Waals surface area contributed by atoms with Gasteiger partial charge >= 0.3 is 0 Å². The summed E-state index contributed by atoms with van der Waals surface area (Å²) in [6, 6.07) is 3.24. The molecule has 20 heavy (non-hydrogen) atoms. The van der Waals surface area contributed by atoms with Crippen LogP contribution in [0.15, 0.2) is 30.7 Å². The standard InChI is InChI=1S/C15H19FN4/c1-3-6-19-14(11-5-7-18-9-12(11)16)13-10(2)4-8-20-15(13)17/h4-5,7-9,14,19H,3,6H2,1-2H3,(H2,17,20). The molecule has 1 unspecified atom stereocenters. The van der Waals surface area contributed by atoms with Crippen LogP contribution >= 0.6 is 0 Å². The van der Waals surface area contributed by atoms with Crippen LogP contribution in [0.1, 0.15) is 36.1 Å². The van der Waals surface area contributed by atoms with Gasteiger partial charge in [0.05, 0.1) is 12.2 Å². The van der Waals surface area contributed by atoms with E-state index in [-0.39, 0.29) is 11.9 Å². The molecule has 5 heteroatoms. The lowest BCUT2D eigenvalue weighted by Crippen LogP contribution is -2.26. The summed E-state index contributed by atoms with van der Waals surface area (Å²) >= 11 is 0. The topological polar surface area (TPSA) is 63.8 Å². The molecule has 0 fully saturated rings. The maximum atomic E-state index is 14.1. The van der Waals surface area contributed by atoms with Crippen LogP contribution in [0.3, 0.4) is 0 Å².